The van der Waals surface area contributed by atoms with Gasteiger partial charge in [-0.3, -0.25) is 57.5 Å². The maximum Gasteiger partial charge on any atom is 0.248 e. The van der Waals surface area contributed by atoms with Crippen LogP contribution in [0.15, 0.2) is 12.2 Å². The number of carbonyl (C=O) groups is 12. The van der Waals surface area contributed by atoms with Crippen molar-refractivity contribution in [3.8, 4) is 0 Å². The van der Waals surface area contributed by atoms with Crippen molar-refractivity contribution in [2.24, 2.45) is 47.3 Å². The van der Waals surface area contributed by atoms with Crippen LogP contribution in [0, 0.1) is 47.3 Å². The first kappa shape index (κ1) is 85.1. The van der Waals surface area contributed by atoms with Crippen LogP contribution in [-0.2, 0) is 62.3 Å². The quantitative estimate of drug-likeness (QED) is 0.122. The molecular formula is C78H125ClF2N12O13. The summed E-state index contributed by atoms with van der Waals surface area (Å²) in [5.41, 5.74) is -1.55. The van der Waals surface area contributed by atoms with E-state index in [9.17, 15) is 28.0 Å². The Kier molecular flexibility index (Phi) is 30.7. The number of amides is 12. The number of alkyl halides is 3. The Morgan fingerprint density at radius 2 is 1.28 bits per heavy atom. The first-order valence-electron chi connectivity index (χ1n) is 39.7. The monoisotopic (exact) mass is 1510 g/mol. The van der Waals surface area contributed by atoms with E-state index in [0.29, 0.717) is 44.4 Å². The molecule has 3 heterocycles. The minimum atomic E-state index is -2.64. The summed E-state index contributed by atoms with van der Waals surface area (Å²) < 4.78 is 34.9. The van der Waals surface area contributed by atoms with Crippen LogP contribution in [0.3, 0.4) is 0 Å². The number of rotatable bonds is 14. The van der Waals surface area contributed by atoms with Gasteiger partial charge in [0.1, 0.15) is 53.9 Å². The van der Waals surface area contributed by atoms with Crippen molar-refractivity contribution in [2.45, 2.75) is 273 Å². The summed E-state index contributed by atoms with van der Waals surface area (Å²) in [6.07, 6.45) is 12.3. The number of nitrogens with one attached hydrogen (secondary N) is 3. The van der Waals surface area contributed by atoms with E-state index in [4.69, 9.17) is 16.3 Å². The molecule has 5 saturated carbocycles. The fourth-order valence-corrected chi connectivity index (χ4v) is 18.9. The summed E-state index contributed by atoms with van der Waals surface area (Å²) in [5.74, 6) is -9.45. The Hall–Kier alpha value is -6.51. The lowest BCUT2D eigenvalue weighted by molar-refractivity contribution is -0.158. The lowest BCUT2D eigenvalue weighted by Gasteiger charge is -2.46. The number of nitrogens with zero attached hydrogens (tertiary/aromatic N) is 9. The fraction of sp³-hybridized carbons (Fsp3) is 0.821. The molecule has 0 aromatic carbocycles. The molecule has 12 amide bonds. The predicted molar refractivity (Wildman–Crippen MR) is 397 cm³/mol. The standard InChI is InChI=1S/C78H125ClF2N12O13/c1-14-48(4)66-75(103)87(9)46-64(96)88(10)57-28-17-16-22-37-92(74(57)102)61(41-51-31-29-47(3)30-32-51)73(101)86(8)45-62(94)82-56(34-33-52-38-49(5)65(68(80)81)55(79)39-52)71(99)93-44-54(106-15-2)42-59(93)70(98)84-78(35-23-36-78)77(105)91(13)67(53-26-20-21-27-53)76(104)90(12)60(72(100)85(6)7)43-63(95)89(11)58(69(97)83-66)40-50-24-18-19-25-50/h16-17,47-61,65-68H,14-15,18-46H2,1-13H3,(H,82,94)(H,83,97)(H,84,98)/b17-16-/t47?,48-,49?,51?,52?,54+,55?,56-,57-,58-,59-,60-,61-,65?,66-,67-/m0/s1. The van der Waals surface area contributed by atoms with Gasteiger partial charge in [0.15, 0.2) is 0 Å². The molecule has 25 nitrogen and oxygen atoms in total. The number of hydrogen-bond donors (Lipinski definition) is 3. The topological polar surface area (TPSA) is 279 Å². The summed E-state index contributed by atoms with van der Waals surface area (Å²) in [4.78, 5) is 195. The summed E-state index contributed by atoms with van der Waals surface area (Å²) in [5, 5.41) is 8.15. The molecule has 3 aliphatic heterocycles. The SMILES string of the molecule is CCO[C@@H]1C[C@H]2C(=O)NC3(CCC3)C(=O)N(C)[C@@H](C3CCCC3)C(=O)N(C)[C@H](C(=O)N(C)C)CC(=O)N(C)[C@@H](CC3CCCC3)C(=O)N[C@@H]([C@@H](C)CC)C(=O)N(C)CC(=O)N(C)[C@H]3C/C=C\CCN(C3=O)[C@@H](CC3CCC(C)CC3)C(=O)N(C)CC(=O)N[C@@H](CCC3CC(C)C(C(F)F)C(Cl)C3)C(=O)N2C1. The van der Waals surface area contributed by atoms with Crippen molar-refractivity contribution in [2.75, 3.05) is 89.2 Å². The molecule has 8 aliphatic rings. The van der Waals surface area contributed by atoms with Crippen molar-refractivity contribution in [3.63, 3.8) is 0 Å². The third-order valence-electron chi connectivity index (χ3n) is 25.4. The van der Waals surface area contributed by atoms with Crippen molar-refractivity contribution < 1.29 is 71.1 Å². The molecule has 2 bridgehead atoms. The molecule has 3 N–H and O–H groups in total. The van der Waals surface area contributed by atoms with Crippen LogP contribution in [0.1, 0.15) is 202 Å². The van der Waals surface area contributed by atoms with Crippen LogP contribution in [-0.4, -0.2) is 276 Å². The molecule has 28 heteroatoms. The number of carbonyl (C=O) groups excluding carboxylic acids is 12. The van der Waals surface area contributed by atoms with Crippen molar-refractivity contribution >= 4 is 82.5 Å². The first-order chi connectivity index (χ1) is 50.2. The molecule has 4 unspecified atom stereocenters. The highest BCUT2D eigenvalue weighted by molar-refractivity contribution is 6.21. The average Bonchev–Trinajstić information content (AvgIpc) is 1.05. The molecule has 5 aliphatic carbocycles. The fourth-order valence-electron chi connectivity index (χ4n) is 18.3. The van der Waals surface area contributed by atoms with Crippen molar-refractivity contribution in [1.82, 2.24) is 60.0 Å². The number of fused-ring (bicyclic) bond motifs is 3. The van der Waals surface area contributed by atoms with Gasteiger partial charge in [0.05, 0.1) is 25.6 Å². The van der Waals surface area contributed by atoms with E-state index in [1.54, 1.807) is 20.8 Å². The van der Waals surface area contributed by atoms with Gasteiger partial charge in [-0.2, -0.15) is 0 Å². The van der Waals surface area contributed by atoms with Crippen LogP contribution in [0.5, 0.6) is 0 Å². The van der Waals surface area contributed by atoms with Crippen LogP contribution in [0.25, 0.3) is 0 Å². The van der Waals surface area contributed by atoms with E-state index >= 15 is 38.4 Å². The van der Waals surface area contributed by atoms with E-state index in [1.807, 2.05) is 19.1 Å². The Morgan fingerprint density at radius 3 is 1.89 bits per heavy atom. The molecule has 8 rings (SSSR count). The molecule has 1 spiro atoms. The third-order valence-corrected chi connectivity index (χ3v) is 25.9. The van der Waals surface area contributed by atoms with E-state index in [0.717, 1.165) is 64.2 Å². The highest BCUT2D eigenvalue weighted by Crippen LogP contribution is 2.43. The zero-order valence-corrected chi connectivity index (χ0v) is 66.3. The van der Waals surface area contributed by atoms with Gasteiger partial charge in [-0.25, -0.2) is 8.78 Å². The highest BCUT2D eigenvalue weighted by atomic mass is 35.5. The summed E-state index contributed by atoms with van der Waals surface area (Å²) in [6.45, 7) is 8.49. The van der Waals surface area contributed by atoms with E-state index in [-0.39, 0.29) is 95.2 Å². The lowest BCUT2D eigenvalue weighted by Crippen LogP contribution is -2.68. The molecule has 7 fully saturated rings. The largest absolute Gasteiger partial charge is 0.377 e. The number of likely N-dealkylation sites (N-methyl/N-ethyl adjacent to an activating group) is 7. The second kappa shape index (κ2) is 38.2. The second-order valence-electron chi connectivity index (χ2n) is 33.1. The Bertz CT molecular complexity index is 3130. The van der Waals surface area contributed by atoms with E-state index in [1.165, 1.54) is 100 Å². The summed E-state index contributed by atoms with van der Waals surface area (Å²) in [7, 11) is 11.8. The smallest absolute Gasteiger partial charge is 0.248 e. The minimum Gasteiger partial charge on any atom is -0.377 e. The zero-order valence-electron chi connectivity index (χ0n) is 65.5. The van der Waals surface area contributed by atoms with Crippen LogP contribution < -0.4 is 16.0 Å². The number of halogens is 3. The van der Waals surface area contributed by atoms with Gasteiger partial charge in [0.25, 0.3) is 0 Å². The van der Waals surface area contributed by atoms with Crippen molar-refractivity contribution in [1.29, 1.82) is 0 Å². The van der Waals surface area contributed by atoms with Gasteiger partial charge in [-0.1, -0.05) is 110 Å². The van der Waals surface area contributed by atoms with Gasteiger partial charge in [0.2, 0.25) is 77.3 Å². The second-order valence-corrected chi connectivity index (χ2v) is 33.6. The molecule has 596 valence electrons. The van der Waals surface area contributed by atoms with Gasteiger partial charge in [-0.05, 0) is 132 Å². The Morgan fingerprint density at radius 1 is 0.651 bits per heavy atom. The Labute approximate surface area is 632 Å². The number of ether oxygens (including phenoxy) is 1. The third kappa shape index (κ3) is 20.5. The maximum atomic E-state index is 15.7. The lowest BCUT2D eigenvalue weighted by atomic mass is 9.73. The Balaban J connectivity index is 1.20. The van der Waals surface area contributed by atoms with Crippen LogP contribution in [0.2, 0.25) is 0 Å². The van der Waals surface area contributed by atoms with Gasteiger partial charge in [-0.15, -0.1) is 11.6 Å². The minimum absolute atomic E-state index is 0.00805. The zero-order chi connectivity index (χ0) is 77.8. The first-order valence-corrected chi connectivity index (χ1v) is 40.1. The molecule has 2 saturated heterocycles. The number of hydrogen-bond acceptors (Lipinski definition) is 13. The highest BCUT2D eigenvalue weighted by Gasteiger charge is 2.54. The molecule has 106 heavy (non-hydrogen) atoms. The van der Waals surface area contributed by atoms with Crippen molar-refractivity contribution in [3.05, 3.63) is 12.2 Å². The molecule has 14 atom stereocenters. The average molecular weight is 1510 g/mol. The maximum absolute atomic E-state index is 15.7. The molecule has 0 aromatic heterocycles. The van der Waals surface area contributed by atoms with Gasteiger partial charge >= 0.3 is 0 Å². The summed E-state index contributed by atoms with van der Waals surface area (Å²) in [6, 6.07) is -9.76. The van der Waals surface area contributed by atoms with Crippen LogP contribution in [0.4, 0.5) is 8.78 Å². The van der Waals surface area contributed by atoms with Gasteiger partial charge < -0.3 is 64.8 Å². The normalized spacial score (nSPS) is 33.0. The van der Waals surface area contributed by atoms with E-state index < -0.39 is 186 Å². The predicted octanol–water partition coefficient (Wildman–Crippen LogP) is 6.61. The van der Waals surface area contributed by atoms with E-state index in [2.05, 4.69) is 22.9 Å². The molecule has 0 aromatic rings. The van der Waals surface area contributed by atoms with Crippen LogP contribution >= 0.6 is 11.6 Å². The molecular weight excluding hydrogens is 1390 g/mol. The molecule has 0 radical (unpaired) electrons. The summed E-state index contributed by atoms with van der Waals surface area (Å²) >= 11 is 6.71. The van der Waals surface area contributed by atoms with Gasteiger partial charge in [0, 0.05) is 93.8 Å².